The fourth-order valence-electron chi connectivity index (χ4n) is 2.84. The monoisotopic (exact) mass is 309 g/mol. The molecule has 0 spiro atoms. The molecular formula is C21H27NO. The molecule has 2 heteroatoms. The number of benzene rings is 2. The smallest absolute Gasteiger partial charge is 0.150 e. The first kappa shape index (κ1) is 17.3. The summed E-state index contributed by atoms with van der Waals surface area (Å²) < 4.78 is 0. The summed E-state index contributed by atoms with van der Waals surface area (Å²) in [4.78, 5) is 11.5. The SMILES string of the molecule is CCCCNc1ccc(-c2cc(C)c(CCC)cc2C=O)cc1. The highest BCUT2D eigenvalue weighted by Crippen LogP contribution is 2.28. The van der Waals surface area contributed by atoms with Crippen LogP contribution in [0.4, 0.5) is 5.69 Å². The van der Waals surface area contributed by atoms with Crippen molar-refractivity contribution >= 4 is 12.0 Å². The molecule has 0 radical (unpaired) electrons. The first-order valence-corrected chi connectivity index (χ1v) is 8.62. The minimum atomic E-state index is 0.783. The molecule has 0 aliphatic carbocycles. The molecular weight excluding hydrogens is 282 g/mol. The van der Waals surface area contributed by atoms with Gasteiger partial charge in [-0.15, -0.1) is 0 Å². The van der Waals surface area contributed by atoms with E-state index in [-0.39, 0.29) is 0 Å². The lowest BCUT2D eigenvalue weighted by Gasteiger charge is -2.12. The molecule has 23 heavy (non-hydrogen) atoms. The normalized spacial score (nSPS) is 10.6. The summed E-state index contributed by atoms with van der Waals surface area (Å²) in [5.41, 5.74) is 6.57. The lowest BCUT2D eigenvalue weighted by molar-refractivity contribution is 0.112. The standard InChI is InChI=1S/C21H27NO/c1-4-6-12-22-20-10-8-17(9-11-20)21-13-16(3)18(7-5-2)14-19(21)15-23/h8-11,13-15,22H,4-7,12H2,1-3H3. The van der Waals surface area contributed by atoms with Crippen LogP contribution in [0.15, 0.2) is 36.4 Å². The van der Waals surface area contributed by atoms with Crippen molar-refractivity contribution in [3.05, 3.63) is 53.1 Å². The zero-order valence-corrected chi connectivity index (χ0v) is 14.5. The molecule has 2 aromatic rings. The van der Waals surface area contributed by atoms with E-state index in [2.05, 4.69) is 62.5 Å². The van der Waals surface area contributed by atoms with Gasteiger partial charge in [0.25, 0.3) is 0 Å². The maximum Gasteiger partial charge on any atom is 0.150 e. The zero-order valence-electron chi connectivity index (χ0n) is 14.5. The molecule has 122 valence electrons. The Morgan fingerprint density at radius 1 is 1.04 bits per heavy atom. The molecule has 0 aliphatic rings. The van der Waals surface area contributed by atoms with Gasteiger partial charge in [-0.1, -0.05) is 44.9 Å². The fourth-order valence-corrected chi connectivity index (χ4v) is 2.84. The minimum Gasteiger partial charge on any atom is -0.385 e. The average molecular weight is 309 g/mol. The van der Waals surface area contributed by atoms with E-state index < -0.39 is 0 Å². The number of aryl methyl sites for hydroxylation is 2. The van der Waals surface area contributed by atoms with Crippen LogP contribution >= 0.6 is 0 Å². The average Bonchev–Trinajstić information content (AvgIpc) is 2.57. The molecule has 0 heterocycles. The van der Waals surface area contributed by atoms with Gasteiger partial charge in [0, 0.05) is 17.8 Å². The van der Waals surface area contributed by atoms with Crippen molar-refractivity contribution < 1.29 is 4.79 Å². The molecule has 2 nitrogen and oxygen atoms in total. The van der Waals surface area contributed by atoms with Gasteiger partial charge in [-0.2, -0.15) is 0 Å². The van der Waals surface area contributed by atoms with E-state index in [0.717, 1.165) is 48.1 Å². The maximum absolute atomic E-state index is 11.5. The van der Waals surface area contributed by atoms with Crippen LogP contribution in [0.25, 0.3) is 11.1 Å². The third kappa shape index (κ3) is 4.44. The molecule has 2 aromatic carbocycles. The Bertz CT molecular complexity index is 644. The quantitative estimate of drug-likeness (QED) is 0.505. The van der Waals surface area contributed by atoms with E-state index in [1.807, 2.05) is 0 Å². The predicted octanol–water partition coefficient (Wildman–Crippen LogP) is 5.64. The summed E-state index contributed by atoms with van der Waals surface area (Å²) in [6, 6.07) is 12.6. The molecule has 0 saturated heterocycles. The van der Waals surface area contributed by atoms with Crippen LogP contribution in [0.3, 0.4) is 0 Å². The molecule has 0 saturated carbocycles. The number of nitrogens with one attached hydrogen (secondary N) is 1. The van der Waals surface area contributed by atoms with E-state index >= 15 is 0 Å². The summed E-state index contributed by atoms with van der Waals surface area (Å²) >= 11 is 0. The second-order valence-electron chi connectivity index (χ2n) is 6.09. The first-order chi connectivity index (χ1) is 11.2. The predicted molar refractivity (Wildman–Crippen MR) is 99.4 cm³/mol. The Morgan fingerprint density at radius 3 is 2.39 bits per heavy atom. The van der Waals surface area contributed by atoms with Crippen molar-refractivity contribution in [1.29, 1.82) is 0 Å². The van der Waals surface area contributed by atoms with Gasteiger partial charge < -0.3 is 5.32 Å². The van der Waals surface area contributed by atoms with Crippen LogP contribution < -0.4 is 5.32 Å². The fraction of sp³-hybridized carbons (Fsp3) is 0.381. The van der Waals surface area contributed by atoms with Crippen molar-refractivity contribution in [1.82, 2.24) is 0 Å². The molecule has 0 bridgehead atoms. The number of carbonyl (C=O) groups is 1. The summed E-state index contributed by atoms with van der Waals surface area (Å²) in [6.45, 7) is 7.48. The van der Waals surface area contributed by atoms with Crippen LogP contribution in [0.5, 0.6) is 0 Å². The molecule has 0 amide bonds. The Hall–Kier alpha value is -2.09. The van der Waals surface area contributed by atoms with Crippen molar-refractivity contribution in [3.63, 3.8) is 0 Å². The van der Waals surface area contributed by atoms with E-state index in [1.165, 1.54) is 24.0 Å². The van der Waals surface area contributed by atoms with Gasteiger partial charge >= 0.3 is 0 Å². The van der Waals surface area contributed by atoms with Gasteiger partial charge in [0.1, 0.15) is 0 Å². The Labute approximate surface area is 139 Å². The lowest BCUT2D eigenvalue weighted by atomic mass is 9.93. The molecule has 0 unspecified atom stereocenters. The first-order valence-electron chi connectivity index (χ1n) is 8.62. The number of rotatable bonds is 8. The van der Waals surface area contributed by atoms with Gasteiger partial charge in [0.2, 0.25) is 0 Å². The van der Waals surface area contributed by atoms with Crippen molar-refractivity contribution in [3.8, 4) is 11.1 Å². The van der Waals surface area contributed by atoms with Gasteiger partial charge in [0.05, 0.1) is 0 Å². The maximum atomic E-state index is 11.5. The van der Waals surface area contributed by atoms with E-state index in [9.17, 15) is 4.79 Å². The third-order valence-electron chi connectivity index (χ3n) is 4.21. The summed E-state index contributed by atoms with van der Waals surface area (Å²) in [5, 5.41) is 3.42. The van der Waals surface area contributed by atoms with Crippen molar-refractivity contribution in [2.75, 3.05) is 11.9 Å². The topological polar surface area (TPSA) is 29.1 Å². The Balaban J connectivity index is 2.26. The van der Waals surface area contributed by atoms with E-state index in [4.69, 9.17) is 0 Å². The van der Waals surface area contributed by atoms with Crippen LogP contribution in [0, 0.1) is 6.92 Å². The van der Waals surface area contributed by atoms with Gasteiger partial charge in [-0.05, 0) is 60.2 Å². The van der Waals surface area contributed by atoms with E-state index in [0.29, 0.717) is 0 Å². The Kier molecular flexibility index (Phi) is 6.40. The second kappa shape index (κ2) is 8.52. The summed E-state index contributed by atoms with van der Waals surface area (Å²) in [7, 11) is 0. The third-order valence-corrected chi connectivity index (χ3v) is 4.21. The van der Waals surface area contributed by atoms with Crippen molar-refractivity contribution in [2.45, 2.75) is 46.5 Å². The number of aldehydes is 1. The van der Waals surface area contributed by atoms with Gasteiger partial charge in [0.15, 0.2) is 6.29 Å². The number of anilines is 1. The van der Waals surface area contributed by atoms with Gasteiger partial charge in [-0.25, -0.2) is 0 Å². The largest absolute Gasteiger partial charge is 0.385 e. The molecule has 2 rings (SSSR count). The summed E-state index contributed by atoms with van der Waals surface area (Å²) in [6.07, 6.45) is 5.46. The van der Waals surface area contributed by atoms with Crippen LogP contribution in [-0.4, -0.2) is 12.8 Å². The van der Waals surface area contributed by atoms with Crippen molar-refractivity contribution in [2.24, 2.45) is 0 Å². The molecule has 1 N–H and O–H groups in total. The highest BCUT2D eigenvalue weighted by molar-refractivity contribution is 5.88. The van der Waals surface area contributed by atoms with Gasteiger partial charge in [-0.3, -0.25) is 4.79 Å². The molecule has 0 aliphatic heterocycles. The van der Waals surface area contributed by atoms with Crippen LogP contribution in [-0.2, 0) is 6.42 Å². The van der Waals surface area contributed by atoms with Crippen LogP contribution in [0.2, 0.25) is 0 Å². The molecule has 0 aromatic heterocycles. The minimum absolute atomic E-state index is 0.783. The number of hydrogen-bond acceptors (Lipinski definition) is 2. The Morgan fingerprint density at radius 2 is 1.78 bits per heavy atom. The lowest BCUT2D eigenvalue weighted by Crippen LogP contribution is -2.00. The van der Waals surface area contributed by atoms with E-state index in [1.54, 1.807) is 0 Å². The highest BCUT2D eigenvalue weighted by atomic mass is 16.1. The molecule has 0 atom stereocenters. The molecule has 0 fully saturated rings. The number of hydrogen-bond donors (Lipinski definition) is 1. The second-order valence-corrected chi connectivity index (χ2v) is 6.09. The zero-order chi connectivity index (χ0) is 16.7. The number of carbonyl (C=O) groups excluding carboxylic acids is 1. The van der Waals surface area contributed by atoms with Crippen LogP contribution in [0.1, 0.15) is 54.6 Å². The highest BCUT2D eigenvalue weighted by Gasteiger charge is 2.09. The number of unbranched alkanes of at least 4 members (excludes halogenated alkanes) is 1. The summed E-state index contributed by atoms with van der Waals surface area (Å²) in [5.74, 6) is 0.